The van der Waals surface area contributed by atoms with E-state index in [9.17, 15) is 4.79 Å². The van der Waals surface area contributed by atoms with Crippen LogP contribution in [0.15, 0.2) is 0 Å². The second-order valence-corrected chi connectivity index (χ2v) is 2.90. The summed E-state index contributed by atoms with van der Waals surface area (Å²) in [6.07, 6.45) is -0.506. The number of hydrogen-bond donors (Lipinski definition) is 3. The molecule has 0 amide bonds. The normalized spacial score (nSPS) is 18.9. The van der Waals surface area contributed by atoms with Crippen molar-refractivity contribution in [1.82, 2.24) is 0 Å². The van der Waals surface area contributed by atoms with E-state index in [1.54, 1.807) is 13.8 Å². The van der Waals surface area contributed by atoms with E-state index in [1.165, 1.54) is 0 Å². The van der Waals surface area contributed by atoms with Gasteiger partial charge in [-0.15, -0.1) is 0 Å². The van der Waals surface area contributed by atoms with E-state index in [0.717, 1.165) is 0 Å². The molecule has 0 saturated heterocycles. The molecule has 0 radical (unpaired) electrons. The molecule has 0 aromatic carbocycles. The van der Waals surface area contributed by atoms with Crippen molar-refractivity contribution in [1.29, 1.82) is 0 Å². The summed E-state index contributed by atoms with van der Waals surface area (Å²) in [5.41, 5.74) is 5.34. The molecule has 0 saturated carbocycles. The molecule has 0 aliphatic carbocycles. The van der Waals surface area contributed by atoms with Crippen LogP contribution in [0.5, 0.6) is 0 Å². The van der Waals surface area contributed by atoms with Gasteiger partial charge in [-0.2, -0.15) is 0 Å². The Labute approximate surface area is 66.0 Å². The summed E-state index contributed by atoms with van der Waals surface area (Å²) in [6.45, 7) is 3.20. The molecule has 66 valence electrons. The van der Waals surface area contributed by atoms with E-state index in [-0.39, 0.29) is 12.5 Å². The fraction of sp³-hybridized carbons (Fsp3) is 0.857. The summed E-state index contributed by atoms with van der Waals surface area (Å²) in [5, 5.41) is 17.6. The van der Waals surface area contributed by atoms with Crippen LogP contribution in [-0.2, 0) is 4.79 Å². The number of carboxylic acid groups (broad SMARTS) is 1. The highest BCUT2D eigenvalue weighted by atomic mass is 16.4. The minimum Gasteiger partial charge on any atom is -0.481 e. The van der Waals surface area contributed by atoms with Crippen molar-refractivity contribution in [2.24, 2.45) is 11.7 Å². The molecule has 0 rings (SSSR count). The Morgan fingerprint density at radius 1 is 1.55 bits per heavy atom. The number of rotatable bonds is 4. The van der Waals surface area contributed by atoms with Crippen molar-refractivity contribution >= 4 is 5.97 Å². The first kappa shape index (κ1) is 10.4. The van der Waals surface area contributed by atoms with E-state index in [1.807, 2.05) is 0 Å². The Balaban J connectivity index is 3.75. The maximum atomic E-state index is 10.3. The summed E-state index contributed by atoms with van der Waals surface area (Å²) in [6, 6.07) is -0.364. The fourth-order valence-electron chi connectivity index (χ4n) is 0.678. The van der Waals surface area contributed by atoms with E-state index in [2.05, 4.69) is 0 Å². The highest BCUT2D eigenvalue weighted by Crippen LogP contribution is 2.07. The first-order chi connectivity index (χ1) is 4.95. The third-order valence-electron chi connectivity index (χ3n) is 1.62. The lowest BCUT2D eigenvalue weighted by molar-refractivity contribution is -0.142. The zero-order valence-corrected chi connectivity index (χ0v) is 6.82. The zero-order valence-electron chi connectivity index (χ0n) is 6.82. The number of nitrogens with two attached hydrogens (primary N) is 1. The summed E-state index contributed by atoms with van der Waals surface area (Å²) in [4.78, 5) is 10.3. The lowest BCUT2D eigenvalue weighted by Gasteiger charge is -2.16. The summed E-state index contributed by atoms with van der Waals surface area (Å²) in [5.74, 6) is -1.43. The predicted molar refractivity (Wildman–Crippen MR) is 41.1 cm³/mol. The molecule has 0 aliphatic rings. The number of hydrogen-bond acceptors (Lipinski definition) is 3. The van der Waals surface area contributed by atoms with Gasteiger partial charge in [-0.25, -0.2) is 0 Å². The third-order valence-corrected chi connectivity index (χ3v) is 1.62. The van der Waals surface area contributed by atoms with Crippen LogP contribution in [0.3, 0.4) is 0 Å². The average molecular weight is 161 g/mol. The molecular weight excluding hydrogens is 146 g/mol. The van der Waals surface area contributed by atoms with E-state index >= 15 is 0 Å². The number of aliphatic hydroxyl groups is 1. The second-order valence-electron chi connectivity index (χ2n) is 2.90. The summed E-state index contributed by atoms with van der Waals surface area (Å²) >= 11 is 0. The summed E-state index contributed by atoms with van der Waals surface area (Å²) in [7, 11) is 0. The molecule has 0 spiro atoms. The van der Waals surface area contributed by atoms with Crippen molar-refractivity contribution in [3.8, 4) is 0 Å². The van der Waals surface area contributed by atoms with Crippen LogP contribution in [0.25, 0.3) is 0 Å². The SMILES string of the molecule is CC(CC(O)C(C)N)C(=O)O. The van der Waals surface area contributed by atoms with Crippen molar-refractivity contribution in [3.05, 3.63) is 0 Å². The van der Waals surface area contributed by atoms with Crippen LogP contribution in [0, 0.1) is 5.92 Å². The van der Waals surface area contributed by atoms with Gasteiger partial charge in [-0.05, 0) is 13.3 Å². The van der Waals surface area contributed by atoms with Crippen LogP contribution in [0.4, 0.5) is 0 Å². The smallest absolute Gasteiger partial charge is 0.306 e. The maximum Gasteiger partial charge on any atom is 0.306 e. The van der Waals surface area contributed by atoms with Crippen LogP contribution < -0.4 is 5.73 Å². The van der Waals surface area contributed by atoms with Crippen molar-refractivity contribution in [2.45, 2.75) is 32.4 Å². The van der Waals surface area contributed by atoms with Gasteiger partial charge < -0.3 is 15.9 Å². The molecule has 4 N–H and O–H groups in total. The predicted octanol–water partition coefficient (Wildman–Crippen LogP) is -0.195. The molecular formula is C7H15NO3. The second kappa shape index (κ2) is 4.31. The molecule has 0 fully saturated rings. The van der Waals surface area contributed by atoms with E-state index in [0.29, 0.717) is 0 Å². The molecule has 11 heavy (non-hydrogen) atoms. The molecule has 4 nitrogen and oxygen atoms in total. The topological polar surface area (TPSA) is 83.5 Å². The standard InChI is InChI=1S/C7H15NO3/c1-4(7(10)11)3-6(9)5(2)8/h4-6,9H,3,8H2,1-2H3,(H,10,11). The number of aliphatic carboxylic acids is 1. The Kier molecular flexibility index (Phi) is 4.07. The first-order valence-corrected chi connectivity index (χ1v) is 3.61. The van der Waals surface area contributed by atoms with Crippen molar-refractivity contribution < 1.29 is 15.0 Å². The molecule has 0 aromatic heterocycles. The Morgan fingerprint density at radius 2 is 2.00 bits per heavy atom. The first-order valence-electron chi connectivity index (χ1n) is 3.61. The molecule has 0 aromatic rings. The van der Waals surface area contributed by atoms with Gasteiger partial charge in [0, 0.05) is 6.04 Å². The van der Waals surface area contributed by atoms with Gasteiger partial charge >= 0.3 is 5.97 Å². The number of carbonyl (C=O) groups is 1. The van der Waals surface area contributed by atoms with Crippen LogP contribution >= 0.6 is 0 Å². The van der Waals surface area contributed by atoms with Gasteiger partial charge in [0.1, 0.15) is 0 Å². The number of aliphatic hydroxyl groups excluding tert-OH is 1. The average Bonchev–Trinajstić information content (AvgIpc) is 1.87. The largest absolute Gasteiger partial charge is 0.481 e. The van der Waals surface area contributed by atoms with Gasteiger partial charge in [-0.3, -0.25) is 4.79 Å². The monoisotopic (exact) mass is 161 g/mol. The zero-order chi connectivity index (χ0) is 9.02. The molecule has 3 unspecified atom stereocenters. The number of carboxylic acids is 1. The molecule has 0 heterocycles. The Bertz CT molecular complexity index is 136. The molecule has 4 heteroatoms. The Hall–Kier alpha value is -0.610. The fourth-order valence-corrected chi connectivity index (χ4v) is 0.678. The highest BCUT2D eigenvalue weighted by molar-refractivity contribution is 5.69. The van der Waals surface area contributed by atoms with E-state index < -0.39 is 18.0 Å². The Morgan fingerprint density at radius 3 is 2.27 bits per heavy atom. The molecule has 3 atom stereocenters. The van der Waals surface area contributed by atoms with Gasteiger partial charge in [0.05, 0.1) is 12.0 Å². The quantitative estimate of drug-likeness (QED) is 0.533. The highest BCUT2D eigenvalue weighted by Gasteiger charge is 2.18. The molecule has 0 bridgehead atoms. The van der Waals surface area contributed by atoms with Gasteiger partial charge in [0.25, 0.3) is 0 Å². The van der Waals surface area contributed by atoms with Crippen LogP contribution in [0.1, 0.15) is 20.3 Å². The van der Waals surface area contributed by atoms with E-state index in [4.69, 9.17) is 15.9 Å². The van der Waals surface area contributed by atoms with Crippen molar-refractivity contribution in [3.63, 3.8) is 0 Å². The van der Waals surface area contributed by atoms with Crippen LogP contribution in [0.2, 0.25) is 0 Å². The lowest BCUT2D eigenvalue weighted by atomic mass is 10.0. The van der Waals surface area contributed by atoms with Crippen LogP contribution in [-0.4, -0.2) is 28.3 Å². The third kappa shape index (κ3) is 3.95. The van der Waals surface area contributed by atoms with Gasteiger partial charge in [0.15, 0.2) is 0 Å². The summed E-state index contributed by atoms with van der Waals surface area (Å²) < 4.78 is 0. The van der Waals surface area contributed by atoms with Gasteiger partial charge in [0.2, 0.25) is 0 Å². The minimum absolute atomic E-state index is 0.215. The maximum absolute atomic E-state index is 10.3. The minimum atomic E-state index is -0.898. The lowest BCUT2D eigenvalue weighted by Crippen LogP contribution is -2.34. The molecule has 0 aliphatic heterocycles. The van der Waals surface area contributed by atoms with Gasteiger partial charge in [-0.1, -0.05) is 6.92 Å². The van der Waals surface area contributed by atoms with Crippen molar-refractivity contribution in [2.75, 3.05) is 0 Å².